The van der Waals surface area contributed by atoms with Gasteiger partial charge in [0.15, 0.2) is 11.6 Å². The van der Waals surface area contributed by atoms with Gasteiger partial charge in [-0.15, -0.1) is 11.6 Å². The Morgan fingerprint density at radius 3 is 2.76 bits per heavy atom. The molecule has 0 radical (unpaired) electrons. The normalized spacial score (nSPS) is 10.6. The van der Waals surface area contributed by atoms with Gasteiger partial charge in [0.05, 0.1) is 18.7 Å². The van der Waals surface area contributed by atoms with Crippen LogP contribution in [0.1, 0.15) is 11.5 Å². The molecule has 0 saturated carbocycles. The molecule has 17 heavy (non-hydrogen) atoms. The smallest absolute Gasteiger partial charge is 0.165 e. The zero-order valence-electron chi connectivity index (χ0n) is 9.55. The molecule has 2 rings (SSSR count). The Balaban J connectivity index is 2.45. The van der Waals surface area contributed by atoms with Gasteiger partial charge in [-0.3, -0.25) is 0 Å². The molecular formula is C12H12ClFN2O. The van der Waals surface area contributed by atoms with E-state index < -0.39 is 5.82 Å². The first-order valence-electron chi connectivity index (χ1n) is 5.11. The fourth-order valence-electron chi connectivity index (χ4n) is 1.68. The van der Waals surface area contributed by atoms with Crippen LogP contribution < -0.4 is 4.74 Å². The molecular weight excluding hydrogens is 243 g/mol. The van der Waals surface area contributed by atoms with Crippen molar-refractivity contribution in [2.45, 2.75) is 12.8 Å². The van der Waals surface area contributed by atoms with Crippen molar-refractivity contribution in [3.63, 3.8) is 0 Å². The maximum absolute atomic E-state index is 13.6. The van der Waals surface area contributed by atoms with E-state index in [2.05, 4.69) is 9.97 Å². The number of hydrogen-bond donors (Lipinski definition) is 1. The lowest BCUT2D eigenvalue weighted by Gasteiger charge is -2.03. The Labute approximate surface area is 104 Å². The molecule has 1 aromatic heterocycles. The molecule has 1 N–H and O–H groups in total. The van der Waals surface area contributed by atoms with Crippen LogP contribution in [-0.4, -0.2) is 17.1 Å². The topological polar surface area (TPSA) is 37.9 Å². The van der Waals surface area contributed by atoms with Crippen LogP contribution >= 0.6 is 11.6 Å². The molecule has 0 aliphatic carbocycles. The van der Waals surface area contributed by atoms with E-state index in [1.54, 1.807) is 12.1 Å². The maximum atomic E-state index is 13.6. The number of methoxy groups -OCH3 is 1. The van der Waals surface area contributed by atoms with E-state index in [0.29, 0.717) is 23.0 Å². The van der Waals surface area contributed by atoms with Crippen molar-refractivity contribution >= 4 is 11.6 Å². The highest BCUT2D eigenvalue weighted by Gasteiger charge is 2.11. The Hall–Kier alpha value is -1.55. The highest BCUT2D eigenvalue weighted by atomic mass is 35.5. The van der Waals surface area contributed by atoms with Gasteiger partial charge < -0.3 is 9.72 Å². The van der Waals surface area contributed by atoms with E-state index in [4.69, 9.17) is 16.3 Å². The third-order valence-electron chi connectivity index (χ3n) is 2.49. The van der Waals surface area contributed by atoms with Crippen molar-refractivity contribution in [2.75, 3.05) is 7.11 Å². The molecule has 5 heteroatoms. The SMILES string of the molecule is COc1ccc(-c2nc(CCl)[nH]c2C)cc1F. The van der Waals surface area contributed by atoms with E-state index in [9.17, 15) is 4.39 Å². The molecule has 1 heterocycles. The standard InChI is InChI=1S/C12H12ClFN2O/c1-7-12(16-11(6-13)15-7)8-3-4-10(17-2)9(14)5-8/h3-5H,6H2,1-2H3,(H,15,16). The minimum atomic E-state index is -0.403. The van der Waals surface area contributed by atoms with Crippen LogP contribution in [0, 0.1) is 12.7 Å². The van der Waals surface area contributed by atoms with Gasteiger partial charge in [-0.1, -0.05) is 0 Å². The van der Waals surface area contributed by atoms with E-state index in [1.807, 2.05) is 6.92 Å². The monoisotopic (exact) mass is 254 g/mol. The van der Waals surface area contributed by atoms with Crippen LogP contribution in [0.4, 0.5) is 4.39 Å². The van der Waals surface area contributed by atoms with Crippen molar-refractivity contribution in [3.05, 3.63) is 35.5 Å². The lowest BCUT2D eigenvalue weighted by molar-refractivity contribution is 0.386. The van der Waals surface area contributed by atoms with Crippen LogP contribution in [0.15, 0.2) is 18.2 Å². The number of H-pyrrole nitrogens is 1. The van der Waals surface area contributed by atoms with Crippen LogP contribution in [0.25, 0.3) is 11.3 Å². The average molecular weight is 255 g/mol. The molecule has 90 valence electrons. The lowest BCUT2D eigenvalue weighted by atomic mass is 10.1. The van der Waals surface area contributed by atoms with Crippen LogP contribution in [0.5, 0.6) is 5.75 Å². The number of alkyl halides is 1. The summed E-state index contributed by atoms with van der Waals surface area (Å²) in [5, 5.41) is 0. The summed E-state index contributed by atoms with van der Waals surface area (Å²) in [5.41, 5.74) is 2.28. The predicted molar refractivity (Wildman–Crippen MR) is 64.8 cm³/mol. The summed E-state index contributed by atoms with van der Waals surface area (Å²) in [5.74, 6) is 0.800. The van der Waals surface area contributed by atoms with Gasteiger partial charge in [-0.05, 0) is 25.1 Å². The second kappa shape index (κ2) is 4.75. The number of aryl methyl sites for hydroxylation is 1. The number of hydrogen-bond acceptors (Lipinski definition) is 2. The third kappa shape index (κ3) is 2.26. The molecule has 0 spiro atoms. The van der Waals surface area contributed by atoms with Gasteiger partial charge in [0.1, 0.15) is 5.82 Å². The molecule has 0 amide bonds. The summed E-state index contributed by atoms with van der Waals surface area (Å²) in [6.07, 6.45) is 0. The second-order valence-electron chi connectivity index (χ2n) is 3.64. The number of aromatic nitrogens is 2. The van der Waals surface area contributed by atoms with Crippen molar-refractivity contribution < 1.29 is 9.13 Å². The van der Waals surface area contributed by atoms with Crippen molar-refractivity contribution in [1.82, 2.24) is 9.97 Å². The molecule has 2 aromatic rings. The number of nitrogens with one attached hydrogen (secondary N) is 1. The number of imidazole rings is 1. The number of halogens is 2. The van der Waals surface area contributed by atoms with E-state index in [0.717, 1.165) is 5.69 Å². The van der Waals surface area contributed by atoms with Gasteiger partial charge in [0.25, 0.3) is 0 Å². The molecule has 0 atom stereocenters. The Morgan fingerprint density at radius 2 is 2.24 bits per heavy atom. The molecule has 0 unspecified atom stereocenters. The van der Waals surface area contributed by atoms with Gasteiger partial charge in [-0.25, -0.2) is 9.37 Å². The first-order chi connectivity index (χ1) is 8.15. The predicted octanol–water partition coefficient (Wildman–Crippen LogP) is 3.27. The summed E-state index contributed by atoms with van der Waals surface area (Å²) in [7, 11) is 1.43. The fraction of sp³-hybridized carbons (Fsp3) is 0.250. The second-order valence-corrected chi connectivity index (χ2v) is 3.91. The Morgan fingerprint density at radius 1 is 1.47 bits per heavy atom. The number of benzene rings is 1. The summed E-state index contributed by atoms with van der Waals surface area (Å²) in [6, 6.07) is 4.75. The van der Waals surface area contributed by atoms with Crippen molar-refractivity contribution in [2.24, 2.45) is 0 Å². The first-order valence-corrected chi connectivity index (χ1v) is 5.64. The van der Waals surface area contributed by atoms with Gasteiger partial charge in [-0.2, -0.15) is 0 Å². The highest BCUT2D eigenvalue weighted by molar-refractivity contribution is 6.16. The molecule has 3 nitrogen and oxygen atoms in total. The summed E-state index contributed by atoms with van der Waals surface area (Å²) >= 11 is 5.69. The Bertz CT molecular complexity index is 539. The zero-order chi connectivity index (χ0) is 12.4. The number of rotatable bonds is 3. The lowest BCUT2D eigenvalue weighted by Crippen LogP contribution is -1.89. The molecule has 0 saturated heterocycles. The van der Waals surface area contributed by atoms with Crippen molar-refractivity contribution in [3.8, 4) is 17.0 Å². The average Bonchev–Trinajstić information content (AvgIpc) is 2.70. The third-order valence-corrected chi connectivity index (χ3v) is 2.74. The van der Waals surface area contributed by atoms with Crippen molar-refractivity contribution in [1.29, 1.82) is 0 Å². The minimum absolute atomic E-state index is 0.222. The molecule has 1 aromatic carbocycles. The molecule has 0 aliphatic rings. The van der Waals surface area contributed by atoms with E-state index >= 15 is 0 Å². The van der Waals surface area contributed by atoms with Gasteiger partial charge >= 0.3 is 0 Å². The summed E-state index contributed by atoms with van der Waals surface area (Å²) in [4.78, 5) is 7.34. The van der Waals surface area contributed by atoms with E-state index in [1.165, 1.54) is 13.2 Å². The first kappa shape index (κ1) is 11.9. The highest BCUT2D eigenvalue weighted by Crippen LogP contribution is 2.26. The molecule has 0 fully saturated rings. The minimum Gasteiger partial charge on any atom is -0.494 e. The Kier molecular flexibility index (Phi) is 3.33. The quantitative estimate of drug-likeness (QED) is 0.854. The fourth-order valence-corrected chi connectivity index (χ4v) is 1.81. The van der Waals surface area contributed by atoms with Crippen LogP contribution in [-0.2, 0) is 5.88 Å². The summed E-state index contributed by atoms with van der Waals surface area (Å²) in [6.45, 7) is 1.88. The zero-order valence-corrected chi connectivity index (χ0v) is 10.3. The number of nitrogens with zero attached hydrogens (tertiary/aromatic N) is 1. The van der Waals surface area contributed by atoms with Crippen LogP contribution in [0.2, 0.25) is 0 Å². The van der Waals surface area contributed by atoms with Crippen LogP contribution in [0.3, 0.4) is 0 Å². The van der Waals surface area contributed by atoms with Gasteiger partial charge in [0.2, 0.25) is 0 Å². The number of aromatic amines is 1. The molecule has 0 bridgehead atoms. The largest absolute Gasteiger partial charge is 0.494 e. The van der Waals surface area contributed by atoms with E-state index in [-0.39, 0.29) is 5.75 Å². The maximum Gasteiger partial charge on any atom is 0.165 e. The van der Waals surface area contributed by atoms with Gasteiger partial charge in [0, 0.05) is 11.3 Å². The molecule has 0 aliphatic heterocycles. The summed E-state index contributed by atoms with van der Waals surface area (Å²) < 4.78 is 18.4. The number of ether oxygens (including phenoxy) is 1.